The number of hydrogen-bond donors (Lipinski definition) is 2. The molecule has 2 aromatic carbocycles. The largest absolute Gasteiger partial charge is 0.352 e. The summed E-state index contributed by atoms with van der Waals surface area (Å²) in [4.78, 5) is 12.5. The number of benzene rings is 2. The highest BCUT2D eigenvalue weighted by Crippen LogP contribution is 2.34. The van der Waals surface area contributed by atoms with Gasteiger partial charge in [0.25, 0.3) is 5.91 Å². The Morgan fingerprint density at radius 1 is 1.04 bits per heavy atom. The summed E-state index contributed by atoms with van der Waals surface area (Å²) in [6.07, 6.45) is 6.31. The Bertz CT molecular complexity index is 783. The van der Waals surface area contributed by atoms with Crippen molar-refractivity contribution in [3.8, 4) is 0 Å². The molecule has 0 spiro atoms. The van der Waals surface area contributed by atoms with E-state index in [1.807, 2.05) is 6.07 Å². The van der Waals surface area contributed by atoms with Gasteiger partial charge >= 0.3 is 0 Å². The van der Waals surface area contributed by atoms with Crippen LogP contribution in [0.2, 0.25) is 0 Å². The number of amides is 1. The summed E-state index contributed by atoms with van der Waals surface area (Å²) in [6.45, 7) is 0.736. The van der Waals surface area contributed by atoms with E-state index in [0.29, 0.717) is 5.92 Å². The smallest absolute Gasteiger partial charge is 0.251 e. The highest BCUT2D eigenvalue weighted by Gasteiger charge is 2.22. The van der Waals surface area contributed by atoms with Crippen LogP contribution >= 0.6 is 0 Å². The van der Waals surface area contributed by atoms with Crippen molar-refractivity contribution < 1.29 is 4.79 Å². The van der Waals surface area contributed by atoms with Crippen molar-refractivity contribution in [2.45, 2.75) is 50.5 Å². The molecule has 130 valence electrons. The maximum Gasteiger partial charge on any atom is 0.251 e. The van der Waals surface area contributed by atoms with Crippen molar-refractivity contribution in [3.05, 3.63) is 70.3 Å². The molecule has 0 radical (unpaired) electrons. The Labute approximate surface area is 149 Å². The third-order valence-corrected chi connectivity index (χ3v) is 5.77. The third-order valence-electron chi connectivity index (χ3n) is 5.77. The van der Waals surface area contributed by atoms with Gasteiger partial charge in [-0.05, 0) is 78.8 Å². The van der Waals surface area contributed by atoms with Crippen molar-refractivity contribution in [3.63, 3.8) is 0 Å². The lowest BCUT2D eigenvalue weighted by Gasteiger charge is -2.21. The van der Waals surface area contributed by atoms with Crippen LogP contribution < -0.4 is 11.1 Å². The topological polar surface area (TPSA) is 55.1 Å². The molecule has 25 heavy (non-hydrogen) atoms. The zero-order chi connectivity index (χ0) is 17.2. The first-order chi connectivity index (χ1) is 12.2. The Morgan fingerprint density at radius 3 is 2.80 bits per heavy atom. The molecular formula is C22H26N2O. The van der Waals surface area contributed by atoms with E-state index in [-0.39, 0.29) is 11.9 Å². The van der Waals surface area contributed by atoms with E-state index >= 15 is 0 Å². The fourth-order valence-electron chi connectivity index (χ4n) is 4.33. The van der Waals surface area contributed by atoms with E-state index < -0.39 is 0 Å². The fourth-order valence-corrected chi connectivity index (χ4v) is 4.33. The van der Waals surface area contributed by atoms with Crippen LogP contribution in [0.1, 0.15) is 57.8 Å². The number of rotatable bonds is 4. The Hall–Kier alpha value is -2.13. The van der Waals surface area contributed by atoms with Crippen LogP contribution in [0.15, 0.2) is 42.5 Å². The molecule has 2 aliphatic rings. The van der Waals surface area contributed by atoms with Gasteiger partial charge in [0.15, 0.2) is 0 Å². The van der Waals surface area contributed by atoms with E-state index in [9.17, 15) is 4.79 Å². The molecule has 3 nitrogen and oxygen atoms in total. The van der Waals surface area contributed by atoms with Gasteiger partial charge in [0.2, 0.25) is 0 Å². The Balaban J connectivity index is 1.34. The van der Waals surface area contributed by atoms with Crippen LogP contribution in [0, 0.1) is 0 Å². The second kappa shape index (κ2) is 7.01. The molecule has 0 aliphatic heterocycles. The molecule has 0 aromatic heterocycles. The lowest BCUT2D eigenvalue weighted by atomic mass is 9.87. The van der Waals surface area contributed by atoms with Crippen molar-refractivity contribution in [1.29, 1.82) is 0 Å². The maximum absolute atomic E-state index is 12.5. The zero-order valence-electron chi connectivity index (χ0n) is 14.6. The number of carbonyl (C=O) groups is 1. The number of nitrogens with one attached hydrogen (secondary N) is 1. The van der Waals surface area contributed by atoms with Gasteiger partial charge in [0.1, 0.15) is 0 Å². The standard InChI is InChI=1S/C22H26N2O/c23-20-10-9-17-13-19(8-7-18(17)14-20)22(25)24-12-11-16-6-5-15-3-1-2-4-21(15)16/h1-4,7-8,13,16,20H,5-6,9-12,14,23H2,(H,24,25). The quantitative estimate of drug-likeness (QED) is 0.901. The number of aryl methyl sites for hydroxylation is 2. The van der Waals surface area contributed by atoms with E-state index in [0.717, 1.165) is 37.8 Å². The molecule has 0 saturated heterocycles. The van der Waals surface area contributed by atoms with Gasteiger partial charge in [-0.2, -0.15) is 0 Å². The van der Waals surface area contributed by atoms with Crippen molar-refractivity contribution in [2.24, 2.45) is 5.73 Å². The van der Waals surface area contributed by atoms with Crippen LogP contribution in [0.4, 0.5) is 0 Å². The van der Waals surface area contributed by atoms with Gasteiger partial charge < -0.3 is 11.1 Å². The van der Waals surface area contributed by atoms with Gasteiger partial charge in [0.05, 0.1) is 0 Å². The summed E-state index contributed by atoms with van der Waals surface area (Å²) >= 11 is 0. The van der Waals surface area contributed by atoms with E-state index in [1.165, 1.54) is 35.1 Å². The summed E-state index contributed by atoms with van der Waals surface area (Å²) < 4.78 is 0. The number of carbonyl (C=O) groups excluding carboxylic acids is 1. The molecule has 1 amide bonds. The molecule has 2 aromatic rings. The minimum atomic E-state index is 0.0453. The maximum atomic E-state index is 12.5. The summed E-state index contributed by atoms with van der Waals surface area (Å²) in [6, 6.07) is 15.0. The summed E-state index contributed by atoms with van der Waals surface area (Å²) in [5.41, 5.74) is 12.4. The SMILES string of the molecule is NC1CCc2cc(C(=O)NCCC3CCc4ccccc43)ccc2C1. The molecule has 3 heteroatoms. The summed E-state index contributed by atoms with van der Waals surface area (Å²) in [7, 11) is 0. The average Bonchev–Trinajstić information content (AvgIpc) is 3.04. The van der Waals surface area contributed by atoms with E-state index in [4.69, 9.17) is 5.73 Å². The van der Waals surface area contributed by atoms with Crippen LogP contribution in [0.25, 0.3) is 0 Å². The molecule has 4 rings (SSSR count). The molecule has 0 saturated carbocycles. The number of hydrogen-bond acceptors (Lipinski definition) is 2. The lowest BCUT2D eigenvalue weighted by molar-refractivity contribution is 0.0952. The van der Waals surface area contributed by atoms with Crippen LogP contribution in [-0.4, -0.2) is 18.5 Å². The first-order valence-electron chi connectivity index (χ1n) is 9.44. The van der Waals surface area contributed by atoms with Crippen LogP contribution in [0.5, 0.6) is 0 Å². The van der Waals surface area contributed by atoms with Crippen LogP contribution in [-0.2, 0) is 19.3 Å². The first-order valence-corrected chi connectivity index (χ1v) is 9.44. The van der Waals surface area contributed by atoms with Gasteiger partial charge in [-0.15, -0.1) is 0 Å². The van der Waals surface area contributed by atoms with Crippen molar-refractivity contribution in [2.75, 3.05) is 6.54 Å². The fraction of sp³-hybridized carbons (Fsp3) is 0.409. The molecule has 2 atom stereocenters. The zero-order valence-corrected chi connectivity index (χ0v) is 14.6. The predicted octanol–water partition coefficient (Wildman–Crippen LogP) is 3.35. The van der Waals surface area contributed by atoms with E-state index in [1.54, 1.807) is 0 Å². The third kappa shape index (κ3) is 3.47. The van der Waals surface area contributed by atoms with Crippen molar-refractivity contribution in [1.82, 2.24) is 5.32 Å². The molecule has 0 bridgehead atoms. The second-order valence-electron chi connectivity index (χ2n) is 7.47. The molecule has 2 unspecified atom stereocenters. The Kier molecular flexibility index (Phi) is 4.58. The summed E-state index contributed by atoms with van der Waals surface area (Å²) in [5.74, 6) is 0.630. The van der Waals surface area contributed by atoms with Crippen molar-refractivity contribution >= 4 is 5.91 Å². The average molecular weight is 334 g/mol. The lowest BCUT2D eigenvalue weighted by Crippen LogP contribution is -2.29. The Morgan fingerprint density at radius 2 is 1.88 bits per heavy atom. The molecule has 0 heterocycles. The number of nitrogens with two attached hydrogens (primary N) is 1. The molecule has 3 N–H and O–H groups in total. The van der Waals surface area contributed by atoms with Gasteiger partial charge in [0, 0.05) is 18.2 Å². The van der Waals surface area contributed by atoms with Crippen LogP contribution in [0.3, 0.4) is 0 Å². The minimum Gasteiger partial charge on any atom is -0.352 e. The second-order valence-corrected chi connectivity index (χ2v) is 7.47. The minimum absolute atomic E-state index is 0.0453. The van der Waals surface area contributed by atoms with Gasteiger partial charge in [-0.1, -0.05) is 30.3 Å². The molecule has 0 fully saturated rings. The normalized spacial score (nSPS) is 21.5. The molecule has 2 aliphatic carbocycles. The van der Waals surface area contributed by atoms with E-state index in [2.05, 4.69) is 41.7 Å². The van der Waals surface area contributed by atoms with Gasteiger partial charge in [-0.25, -0.2) is 0 Å². The predicted molar refractivity (Wildman–Crippen MR) is 101 cm³/mol. The number of fused-ring (bicyclic) bond motifs is 2. The van der Waals surface area contributed by atoms with Gasteiger partial charge in [-0.3, -0.25) is 4.79 Å². The highest BCUT2D eigenvalue weighted by molar-refractivity contribution is 5.94. The summed E-state index contributed by atoms with van der Waals surface area (Å²) in [5, 5.41) is 3.11. The first kappa shape index (κ1) is 16.3. The highest BCUT2D eigenvalue weighted by atomic mass is 16.1. The molecular weight excluding hydrogens is 308 g/mol. The monoisotopic (exact) mass is 334 g/mol.